The summed E-state index contributed by atoms with van der Waals surface area (Å²) < 4.78 is 43.8. The van der Waals surface area contributed by atoms with Gasteiger partial charge in [-0.2, -0.15) is 13.2 Å². The number of hydrogen-bond donors (Lipinski definition) is 2. The number of aliphatic hydroxyl groups is 1. The van der Waals surface area contributed by atoms with Gasteiger partial charge in [0.2, 0.25) is 0 Å². The highest BCUT2D eigenvalue weighted by molar-refractivity contribution is 6.00. The maximum atomic E-state index is 12.8. The molecule has 1 unspecified atom stereocenters. The van der Waals surface area contributed by atoms with Crippen molar-refractivity contribution >= 4 is 5.91 Å². The van der Waals surface area contributed by atoms with Crippen LogP contribution >= 0.6 is 0 Å². The molecule has 0 bridgehead atoms. The normalized spacial score (nSPS) is 16.3. The highest BCUT2D eigenvalue weighted by Crippen LogP contribution is 2.32. The van der Waals surface area contributed by atoms with Gasteiger partial charge in [0.25, 0.3) is 5.91 Å². The molecule has 7 heteroatoms. The van der Waals surface area contributed by atoms with Crippen LogP contribution in [-0.4, -0.2) is 37.4 Å². The molecule has 2 N–H and O–H groups in total. The second-order valence-electron chi connectivity index (χ2n) is 7.67. The van der Waals surface area contributed by atoms with Gasteiger partial charge in [0.1, 0.15) is 0 Å². The largest absolute Gasteiger partial charge is 0.416 e. The maximum absolute atomic E-state index is 12.8. The van der Waals surface area contributed by atoms with E-state index in [2.05, 4.69) is 5.32 Å². The molecule has 1 aliphatic rings. The zero-order valence-corrected chi connectivity index (χ0v) is 16.6. The van der Waals surface area contributed by atoms with Crippen LogP contribution in [0.1, 0.15) is 35.2 Å². The Bertz CT molecular complexity index is 830. The first-order chi connectivity index (χ1) is 14.4. The van der Waals surface area contributed by atoms with Crippen LogP contribution in [0.2, 0.25) is 0 Å². The molecule has 1 atom stereocenters. The lowest BCUT2D eigenvalue weighted by Gasteiger charge is -2.26. The van der Waals surface area contributed by atoms with E-state index in [1.165, 1.54) is 12.1 Å². The molecule has 2 aromatic carbocycles. The van der Waals surface area contributed by atoms with Crippen LogP contribution in [0.4, 0.5) is 13.2 Å². The quantitative estimate of drug-likeness (QED) is 0.691. The molecule has 1 fully saturated rings. The summed E-state index contributed by atoms with van der Waals surface area (Å²) in [5.74, 6) is 0.124. The van der Waals surface area contributed by atoms with Crippen molar-refractivity contribution in [3.63, 3.8) is 0 Å². The third-order valence-electron chi connectivity index (χ3n) is 5.51. The number of carbonyl (C=O) groups excluding carboxylic acids is 1. The summed E-state index contributed by atoms with van der Waals surface area (Å²) >= 11 is 0. The Morgan fingerprint density at radius 2 is 1.77 bits per heavy atom. The van der Waals surface area contributed by atoms with Crippen LogP contribution in [0.5, 0.6) is 0 Å². The van der Waals surface area contributed by atoms with Crippen molar-refractivity contribution in [2.75, 3.05) is 26.4 Å². The van der Waals surface area contributed by atoms with Crippen molar-refractivity contribution in [2.24, 2.45) is 11.8 Å². The van der Waals surface area contributed by atoms with E-state index < -0.39 is 11.7 Å². The molecule has 30 heavy (non-hydrogen) atoms. The monoisotopic (exact) mass is 421 g/mol. The van der Waals surface area contributed by atoms with Crippen LogP contribution in [0.15, 0.2) is 48.5 Å². The minimum Gasteiger partial charge on any atom is -0.396 e. The number of aliphatic hydroxyl groups excluding tert-OH is 1. The van der Waals surface area contributed by atoms with E-state index >= 15 is 0 Å². The average Bonchev–Trinajstić information content (AvgIpc) is 2.76. The van der Waals surface area contributed by atoms with Crippen molar-refractivity contribution in [1.82, 2.24) is 5.32 Å². The smallest absolute Gasteiger partial charge is 0.396 e. The molecule has 0 aromatic heterocycles. The Labute approximate surface area is 174 Å². The fourth-order valence-electron chi connectivity index (χ4n) is 3.78. The van der Waals surface area contributed by atoms with Gasteiger partial charge in [0.05, 0.1) is 5.56 Å². The van der Waals surface area contributed by atoms with Crippen LogP contribution in [-0.2, 0) is 10.9 Å². The summed E-state index contributed by atoms with van der Waals surface area (Å²) in [5, 5.41) is 12.6. The number of halogens is 3. The van der Waals surface area contributed by atoms with Gasteiger partial charge < -0.3 is 15.2 Å². The van der Waals surface area contributed by atoms with Crippen molar-refractivity contribution in [3.8, 4) is 11.1 Å². The number of carbonyl (C=O) groups is 1. The molecule has 0 radical (unpaired) electrons. The standard InChI is InChI=1S/C23H26F3NO3/c24-23(25,26)19-7-5-18(6-8-19)20-3-1-2-4-21(20)22(29)27-14-17(15-28)13-16-9-11-30-12-10-16/h1-8,16-17,28H,9-15H2,(H,27,29). The fraction of sp³-hybridized carbons (Fsp3) is 0.435. The van der Waals surface area contributed by atoms with Gasteiger partial charge in [-0.25, -0.2) is 0 Å². The van der Waals surface area contributed by atoms with Crippen molar-refractivity contribution in [1.29, 1.82) is 0 Å². The molecule has 0 aliphatic carbocycles. The molecule has 1 aliphatic heterocycles. The van der Waals surface area contributed by atoms with E-state index in [0.29, 0.717) is 29.2 Å². The minimum atomic E-state index is -4.40. The SMILES string of the molecule is O=C(NCC(CO)CC1CCOCC1)c1ccccc1-c1ccc(C(F)(F)F)cc1. The molecular weight excluding hydrogens is 395 g/mol. The Balaban J connectivity index is 1.67. The van der Waals surface area contributed by atoms with Gasteiger partial charge in [-0.3, -0.25) is 4.79 Å². The number of alkyl halides is 3. The molecule has 1 amide bonds. The molecule has 0 spiro atoms. The number of ether oxygens (including phenoxy) is 1. The summed E-state index contributed by atoms with van der Waals surface area (Å²) in [6.45, 7) is 1.79. The van der Waals surface area contributed by atoms with Crippen molar-refractivity contribution < 1.29 is 27.8 Å². The molecule has 2 aromatic rings. The van der Waals surface area contributed by atoms with Crippen LogP contribution in [0.25, 0.3) is 11.1 Å². The minimum absolute atomic E-state index is 0.0157. The predicted octanol–water partition coefficient (Wildman–Crippen LogP) is 4.53. The first-order valence-electron chi connectivity index (χ1n) is 10.1. The van der Waals surface area contributed by atoms with Gasteiger partial charge in [-0.15, -0.1) is 0 Å². The summed E-state index contributed by atoms with van der Waals surface area (Å²) in [6.07, 6.45) is -1.66. The van der Waals surface area contributed by atoms with Gasteiger partial charge in [0.15, 0.2) is 0 Å². The Morgan fingerprint density at radius 3 is 2.40 bits per heavy atom. The van der Waals surface area contributed by atoms with Gasteiger partial charge in [-0.05, 0) is 60.4 Å². The van der Waals surface area contributed by atoms with E-state index in [1.807, 2.05) is 0 Å². The highest BCUT2D eigenvalue weighted by Gasteiger charge is 2.30. The van der Waals surface area contributed by atoms with E-state index in [-0.39, 0.29) is 18.4 Å². The molecule has 0 saturated carbocycles. The first-order valence-corrected chi connectivity index (χ1v) is 10.1. The van der Waals surface area contributed by atoms with Crippen LogP contribution in [0.3, 0.4) is 0 Å². The summed E-state index contributed by atoms with van der Waals surface area (Å²) in [7, 11) is 0. The number of nitrogens with one attached hydrogen (secondary N) is 1. The third kappa shape index (κ3) is 5.83. The second-order valence-corrected chi connectivity index (χ2v) is 7.67. The Hall–Kier alpha value is -2.38. The van der Waals surface area contributed by atoms with E-state index in [0.717, 1.165) is 44.6 Å². The molecule has 4 nitrogen and oxygen atoms in total. The van der Waals surface area contributed by atoms with Crippen LogP contribution in [0, 0.1) is 11.8 Å². The molecule has 3 rings (SSSR count). The number of rotatable bonds is 7. The summed E-state index contributed by atoms with van der Waals surface area (Å²) in [4.78, 5) is 12.8. The van der Waals surface area contributed by atoms with E-state index in [1.54, 1.807) is 24.3 Å². The van der Waals surface area contributed by atoms with Gasteiger partial charge >= 0.3 is 6.18 Å². The lowest BCUT2D eigenvalue weighted by Crippen LogP contribution is -2.33. The summed E-state index contributed by atoms with van der Waals surface area (Å²) in [6, 6.07) is 11.6. The zero-order chi connectivity index (χ0) is 21.6. The third-order valence-corrected chi connectivity index (χ3v) is 5.51. The number of benzene rings is 2. The Kier molecular flexibility index (Phi) is 7.50. The fourth-order valence-corrected chi connectivity index (χ4v) is 3.78. The van der Waals surface area contributed by atoms with Crippen molar-refractivity contribution in [3.05, 3.63) is 59.7 Å². The molecule has 1 heterocycles. The highest BCUT2D eigenvalue weighted by atomic mass is 19.4. The lowest BCUT2D eigenvalue weighted by molar-refractivity contribution is -0.137. The van der Waals surface area contributed by atoms with Gasteiger partial charge in [-0.1, -0.05) is 30.3 Å². The van der Waals surface area contributed by atoms with Crippen LogP contribution < -0.4 is 5.32 Å². The lowest BCUT2D eigenvalue weighted by atomic mass is 9.89. The maximum Gasteiger partial charge on any atom is 0.416 e. The molecular formula is C23H26F3NO3. The van der Waals surface area contributed by atoms with E-state index in [4.69, 9.17) is 4.74 Å². The second kappa shape index (κ2) is 10.1. The summed E-state index contributed by atoms with van der Waals surface area (Å²) in [5.41, 5.74) is 0.760. The Morgan fingerprint density at radius 1 is 1.10 bits per heavy atom. The van der Waals surface area contributed by atoms with Gasteiger partial charge in [0, 0.05) is 31.9 Å². The first kappa shape index (κ1) is 22.3. The molecule has 1 saturated heterocycles. The number of amides is 1. The topological polar surface area (TPSA) is 58.6 Å². The average molecular weight is 421 g/mol. The zero-order valence-electron chi connectivity index (χ0n) is 16.6. The number of hydrogen-bond acceptors (Lipinski definition) is 3. The van der Waals surface area contributed by atoms with E-state index in [9.17, 15) is 23.1 Å². The van der Waals surface area contributed by atoms with Crippen molar-refractivity contribution in [2.45, 2.75) is 25.4 Å². The molecule has 162 valence electrons. The predicted molar refractivity (Wildman–Crippen MR) is 108 cm³/mol.